The molecule has 0 spiro atoms. The molecule has 0 rings (SSSR count). The molecule has 0 bridgehead atoms. The Kier molecular flexibility index (Phi) is 43.8. The van der Waals surface area contributed by atoms with Crippen LogP contribution in [0.3, 0.4) is 0 Å². The molecule has 0 aromatic heterocycles. The van der Waals surface area contributed by atoms with Crippen LogP contribution < -0.4 is 5.73 Å². The van der Waals surface area contributed by atoms with Crippen molar-refractivity contribution >= 4 is 13.8 Å². The number of unbranched alkanes of at least 4 members (excludes halogenated alkanes) is 26. The molecule has 9 heteroatoms. The van der Waals surface area contributed by atoms with Crippen LogP contribution >= 0.6 is 7.82 Å². The van der Waals surface area contributed by atoms with E-state index in [-0.39, 0.29) is 32.3 Å². The summed E-state index contributed by atoms with van der Waals surface area (Å²) in [6.45, 7) is 4.90. The van der Waals surface area contributed by atoms with Crippen molar-refractivity contribution in [2.24, 2.45) is 5.73 Å². The molecule has 0 aliphatic rings. The summed E-state index contributed by atoms with van der Waals surface area (Å²) in [5.41, 5.74) is 5.37. The van der Waals surface area contributed by atoms with Gasteiger partial charge in [0.15, 0.2) is 0 Å². The monoisotopic (exact) mass is 812 g/mol. The summed E-state index contributed by atoms with van der Waals surface area (Å²) in [7, 11) is -4.28. The Balaban J connectivity index is 3.97. The molecule has 56 heavy (non-hydrogen) atoms. The Hall–Kier alpha value is -1.28. The lowest BCUT2D eigenvalue weighted by Crippen LogP contribution is -2.28. The highest BCUT2D eigenvalue weighted by Crippen LogP contribution is 2.43. The minimum atomic E-state index is -4.28. The van der Waals surface area contributed by atoms with E-state index in [1.165, 1.54) is 141 Å². The van der Waals surface area contributed by atoms with Gasteiger partial charge in [-0.1, -0.05) is 179 Å². The van der Waals surface area contributed by atoms with Gasteiger partial charge < -0.3 is 20.1 Å². The molecule has 0 aromatic carbocycles. The van der Waals surface area contributed by atoms with E-state index in [9.17, 15) is 14.3 Å². The highest BCUT2D eigenvalue weighted by Gasteiger charge is 2.25. The van der Waals surface area contributed by atoms with Gasteiger partial charge in [-0.3, -0.25) is 13.8 Å². The normalized spacial score (nSPS) is 13.7. The van der Waals surface area contributed by atoms with Crippen LogP contribution in [0.2, 0.25) is 0 Å². The molecule has 3 N–H and O–H groups in total. The van der Waals surface area contributed by atoms with E-state index < -0.39 is 13.9 Å². The summed E-state index contributed by atoms with van der Waals surface area (Å²) in [6, 6.07) is 0. The second-order valence-corrected chi connectivity index (χ2v) is 17.1. The Morgan fingerprint density at radius 1 is 0.536 bits per heavy atom. The van der Waals surface area contributed by atoms with Gasteiger partial charge in [0.05, 0.1) is 19.8 Å². The van der Waals surface area contributed by atoms with Crippen LogP contribution in [0.4, 0.5) is 0 Å². The molecule has 0 saturated heterocycles. The molecule has 0 amide bonds. The number of phosphoric ester groups is 1. The zero-order valence-electron chi connectivity index (χ0n) is 36.6. The fraction of sp³-hybridized carbons (Fsp3) is 0.851. The Morgan fingerprint density at radius 2 is 0.946 bits per heavy atom. The molecular formula is C47H90NO7P. The topological polar surface area (TPSA) is 117 Å². The molecule has 0 heterocycles. The van der Waals surface area contributed by atoms with Gasteiger partial charge in [0.2, 0.25) is 0 Å². The van der Waals surface area contributed by atoms with E-state index in [0.717, 1.165) is 57.8 Å². The first-order valence-electron chi connectivity index (χ1n) is 23.5. The number of rotatable bonds is 45. The third kappa shape index (κ3) is 43.8. The Bertz CT molecular complexity index is 957. The molecule has 0 aromatic rings. The lowest BCUT2D eigenvalue weighted by Gasteiger charge is -2.20. The van der Waals surface area contributed by atoms with Crippen molar-refractivity contribution in [1.82, 2.24) is 0 Å². The molecule has 0 saturated carbocycles. The Labute approximate surface area is 346 Å². The first-order valence-corrected chi connectivity index (χ1v) is 25.0. The minimum Gasteiger partial charge on any atom is -0.457 e. The van der Waals surface area contributed by atoms with Crippen LogP contribution in [0.15, 0.2) is 36.5 Å². The van der Waals surface area contributed by atoms with Crippen molar-refractivity contribution in [2.75, 3.05) is 33.0 Å². The van der Waals surface area contributed by atoms with Crippen molar-refractivity contribution in [3.8, 4) is 0 Å². The van der Waals surface area contributed by atoms with Crippen molar-refractivity contribution in [2.45, 2.75) is 225 Å². The fourth-order valence-corrected chi connectivity index (χ4v) is 7.32. The molecule has 0 aliphatic heterocycles. The van der Waals surface area contributed by atoms with Crippen LogP contribution in [0.25, 0.3) is 0 Å². The quantitative estimate of drug-likeness (QED) is 0.0270. The summed E-state index contributed by atoms with van der Waals surface area (Å²) in [6.07, 6.45) is 51.7. The number of phosphoric acid groups is 1. The second-order valence-electron chi connectivity index (χ2n) is 15.6. The van der Waals surface area contributed by atoms with E-state index in [1.807, 2.05) is 0 Å². The molecule has 8 nitrogen and oxygen atoms in total. The standard InChI is InChI=1S/C47H90NO7P/c1-3-5-7-9-11-13-15-17-19-20-21-22-23-24-25-27-29-31-33-35-37-39-42-52-44-46(45-54-56(50,51)53-43-41-48)55-47(49)40-38-36-34-32-30-28-26-18-16-14-12-10-8-6-4-2/h12,14,18,20-21,26,46H,3-11,13,15-17,19,22-25,27-45,48H2,1-2H3,(H,50,51)/b14-12-,21-20-,26-18-. The number of nitrogens with two attached hydrogens (primary N) is 1. The average molecular weight is 812 g/mol. The maximum absolute atomic E-state index is 12.6. The average Bonchev–Trinajstić information content (AvgIpc) is 3.19. The fourth-order valence-electron chi connectivity index (χ4n) is 6.55. The van der Waals surface area contributed by atoms with Gasteiger partial charge in [-0.25, -0.2) is 4.57 Å². The molecule has 2 atom stereocenters. The van der Waals surface area contributed by atoms with Gasteiger partial charge in [0, 0.05) is 19.6 Å². The number of ether oxygens (including phenoxy) is 2. The molecule has 0 radical (unpaired) electrons. The summed E-state index contributed by atoms with van der Waals surface area (Å²) in [5.74, 6) is -0.343. The molecule has 0 aliphatic carbocycles. The van der Waals surface area contributed by atoms with Crippen molar-refractivity contribution in [3.63, 3.8) is 0 Å². The zero-order chi connectivity index (χ0) is 40.9. The predicted molar refractivity (Wildman–Crippen MR) is 238 cm³/mol. The van der Waals surface area contributed by atoms with E-state index in [4.69, 9.17) is 24.3 Å². The summed E-state index contributed by atoms with van der Waals surface area (Å²) in [4.78, 5) is 22.5. The van der Waals surface area contributed by atoms with Crippen LogP contribution in [0.5, 0.6) is 0 Å². The summed E-state index contributed by atoms with van der Waals surface area (Å²) >= 11 is 0. The number of carbonyl (C=O) groups excluding carboxylic acids is 1. The smallest absolute Gasteiger partial charge is 0.457 e. The first-order chi connectivity index (χ1) is 27.4. The van der Waals surface area contributed by atoms with E-state index >= 15 is 0 Å². The lowest BCUT2D eigenvalue weighted by molar-refractivity contribution is -0.154. The van der Waals surface area contributed by atoms with Gasteiger partial charge in [-0.2, -0.15) is 0 Å². The van der Waals surface area contributed by atoms with Crippen LogP contribution in [0, 0.1) is 0 Å². The van der Waals surface area contributed by atoms with Crippen molar-refractivity contribution < 1.29 is 32.8 Å². The second kappa shape index (κ2) is 44.8. The number of esters is 1. The lowest BCUT2D eigenvalue weighted by atomic mass is 10.1. The SMILES string of the molecule is CCCCC/C=C\C/C=C\CCCCCCCC(=O)OC(COCCCCCCCCCCCC/C=C\CCCCCCCCCC)COP(=O)(O)OCCN. The van der Waals surface area contributed by atoms with Crippen LogP contribution in [0.1, 0.15) is 219 Å². The van der Waals surface area contributed by atoms with Crippen LogP contribution in [-0.4, -0.2) is 49.9 Å². The highest BCUT2D eigenvalue weighted by molar-refractivity contribution is 7.47. The maximum atomic E-state index is 12.6. The highest BCUT2D eigenvalue weighted by atomic mass is 31.2. The minimum absolute atomic E-state index is 0.0977. The third-order valence-electron chi connectivity index (χ3n) is 10.0. The van der Waals surface area contributed by atoms with Gasteiger partial charge in [-0.05, 0) is 70.6 Å². The molecule has 2 unspecified atom stereocenters. The Morgan fingerprint density at radius 3 is 1.45 bits per heavy atom. The molecular weight excluding hydrogens is 721 g/mol. The van der Waals surface area contributed by atoms with Gasteiger partial charge in [0.25, 0.3) is 0 Å². The van der Waals surface area contributed by atoms with Gasteiger partial charge in [-0.15, -0.1) is 0 Å². The number of allylic oxidation sites excluding steroid dienone is 6. The van der Waals surface area contributed by atoms with Crippen molar-refractivity contribution in [1.29, 1.82) is 0 Å². The number of hydrogen-bond acceptors (Lipinski definition) is 7. The van der Waals surface area contributed by atoms with Crippen LogP contribution in [-0.2, 0) is 27.9 Å². The van der Waals surface area contributed by atoms with Gasteiger partial charge >= 0.3 is 13.8 Å². The van der Waals surface area contributed by atoms with E-state index in [2.05, 4.69) is 50.3 Å². The zero-order valence-corrected chi connectivity index (χ0v) is 37.5. The van der Waals surface area contributed by atoms with Gasteiger partial charge in [0.1, 0.15) is 6.10 Å². The number of hydrogen-bond donors (Lipinski definition) is 2. The maximum Gasteiger partial charge on any atom is 0.472 e. The van der Waals surface area contributed by atoms with E-state index in [0.29, 0.717) is 13.0 Å². The largest absolute Gasteiger partial charge is 0.472 e. The predicted octanol–water partition coefficient (Wildman–Crippen LogP) is 14.2. The molecule has 0 fully saturated rings. The van der Waals surface area contributed by atoms with E-state index in [1.54, 1.807) is 0 Å². The third-order valence-corrected chi connectivity index (χ3v) is 11.0. The number of carbonyl (C=O) groups is 1. The summed E-state index contributed by atoms with van der Waals surface area (Å²) < 4.78 is 33.5. The van der Waals surface area contributed by atoms with Crippen molar-refractivity contribution in [3.05, 3.63) is 36.5 Å². The molecule has 330 valence electrons. The summed E-state index contributed by atoms with van der Waals surface area (Å²) in [5, 5.41) is 0. The first kappa shape index (κ1) is 54.7.